The van der Waals surface area contributed by atoms with E-state index in [1.807, 2.05) is 0 Å². The summed E-state index contributed by atoms with van der Waals surface area (Å²) in [7, 11) is -4.29. The van der Waals surface area contributed by atoms with Crippen molar-refractivity contribution in [1.82, 2.24) is 20.6 Å². The molecule has 0 aliphatic carbocycles. The van der Waals surface area contributed by atoms with Crippen LogP contribution >= 0.6 is 0 Å². The average Bonchev–Trinajstić information content (AvgIpc) is 3.30. The fourth-order valence-electron chi connectivity index (χ4n) is 2.87. The molecule has 1 aromatic heterocycles. The van der Waals surface area contributed by atoms with Gasteiger partial charge in [0, 0.05) is 36.6 Å². The molecule has 0 saturated carbocycles. The number of aryl methyl sites for hydroxylation is 1. The Morgan fingerprint density at radius 1 is 1.00 bits per heavy atom. The van der Waals surface area contributed by atoms with Crippen LogP contribution in [-0.2, 0) is 27.5 Å². The number of anilines is 1. The Morgan fingerprint density at radius 2 is 1.76 bits per heavy atom. The van der Waals surface area contributed by atoms with Crippen molar-refractivity contribution >= 4 is 27.5 Å². The van der Waals surface area contributed by atoms with Gasteiger partial charge in [-0.3, -0.25) is 29.8 Å². The predicted molar refractivity (Wildman–Crippen MR) is 116 cm³/mol. The minimum atomic E-state index is -4.64. The van der Waals surface area contributed by atoms with Gasteiger partial charge in [0.15, 0.2) is 0 Å². The molecule has 0 bridgehead atoms. The molecule has 0 atom stereocenters. The maximum atomic E-state index is 12.9. The molecule has 2 amide bonds. The Labute approximate surface area is 193 Å². The van der Waals surface area contributed by atoms with Crippen LogP contribution in [0, 0.1) is 0 Å². The number of hydrogen-bond donors (Lipinski definition) is 3. The van der Waals surface area contributed by atoms with Gasteiger partial charge in [0.2, 0.25) is 5.91 Å². The molecule has 3 aromatic rings. The minimum Gasteiger partial charge on any atom is -0.280 e. The lowest BCUT2D eigenvalue weighted by atomic mass is 10.2. The second kappa shape index (κ2) is 10.4. The van der Waals surface area contributed by atoms with Gasteiger partial charge in [-0.25, -0.2) is 8.42 Å². The van der Waals surface area contributed by atoms with Crippen molar-refractivity contribution in [3.8, 4) is 0 Å². The zero-order chi connectivity index (χ0) is 24.8. The van der Waals surface area contributed by atoms with Gasteiger partial charge < -0.3 is 0 Å². The summed E-state index contributed by atoms with van der Waals surface area (Å²) >= 11 is 0. The zero-order valence-electron chi connectivity index (χ0n) is 17.5. The molecule has 0 radical (unpaired) electrons. The molecule has 0 saturated heterocycles. The Hall–Kier alpha value is -3.87. The van der Waals surface area contributed by atoms with Crippen LogP contribution in [0.5, 0.6) is 0 Å². The van der Waals surface area contributed by atoms with Crippen LogP contribution in [-0.4, -0.2) is 30.0 Å². The van der Waals surface area contributed by atoms with Crippen molar-refractivity contribution in [3.05, 3.63) is 78.1 Å². The SMILES string of the molecule is O=C(CCCn1cccn1)NNC(=O)c1cccc(S(=O)(=O)Nc2cccc(C(F)(F)F)c2)c1. The Balaban J connectivity index is 1.59. The van der Waals surface area contributed by atoms with Crippen molar-refractivity contribution in [2.45, 2.75) is 30.5 Å². The van der Waals surface area contributed by atoms with Crippen molar-refractivity contribution in [1.29, 1.82) is 0 Å². The molecule has 1 heterocycles. The number of aromatic nitrogens is 2. The van der Waals surface area contributed by atoms with Crippen LogP contribution in [0.3, 0.4) is 0 Å². The summed E-state index contributed by atoms with van der Waals surface area (Å²) in [5.74, 6) is -1.22. The van der Waals surface area contributed by atoms with E-state index in [4.69, 9.17) is 0 Å². The smallest absolute Gasteiger partial charge is 0.280 e. The van der Waals surface area contributed by atoms with Crippen molar-refractivity contribution < 1.29 is 31.2 Å². The molecule has 34 heavy (non-hydrogen) atoms. The number of rotatable bonds is 8. The first-order valence-corrected chi connectivity index (χ1v) is 11.4. The van der Waals surface area contributed by atoms with Crippen LogP contribution in [0.2, 0.25) is 0 Å². The van der Waals surface area contributed by atoms with Crippen molar-refractivity contribution in [2.75, 3.05) is 4.72 Å². The Kier molecular flexibility index (Phi) is 7.56. The first kappa shape index (κ1) is 24.8. The van der Waals surface area contributed by atoms with E-state index >= 15 is 0 Å². The number of amides is 2. The number of hydrogen-bond acceptors (Lipinski definition) is 5. The molecule has 9 nitrogen and oxygen atoms in total. The molecule has 2 aromatic carbocycles. The Bertz CT molecular complexity index is 1260. The van der Waals surface area contributed by atoms with E-state index in [1.165, 1.54) is 24.3 Å². The number of hydrazine groups is 1. The number of halogens is 3. The number of sulfonamides is 1. The molecule has 3 rings (SSSR count). The maximum Gasteiger partial charge on any atom is 0.416 e. The maximum absolute atomic E-state index is 12.9. The van der Waals surface area contributed by atoms with Crippen LogP contribution in [0.4, 0.5) is 18.9 Å². The van der Waals surface area contributed by atoms with E-state index in [-0.39, 0.29) is 22.6 Å². The van der Waals surface area contributed by atoms with Gasteiger partial charge in [0.05, 0.1) is 10.5 Å². The van der Waals surface area contributed by atoms with E-state index in [0.717, 1.165) is 18.2 Å². The lowest BCUT2D eigenvalue weighted by Gasteiger charge is -2.12. The number of carbonyl (C=O) groups excluding carboxylic acids is 2. The quantitative estimate of drug-likeness (QED) is 0.415. The highest BCUT2D eigenvalue weighted by molar-refractivity contribution is 7.92. The summed E-state index contributed by atoms with van der Waals surface area (Å²) in [6.07, 6.45) is -0.663. The van der Waals surface area contributed by atoms with Crippen LogP contribution < -0.4 is 15.6 Å². The third kappa shape index (κ3) is 6.81. The largest absolute Gasteiger partial charge is 0.416 e. The summed E-state index contributed by atoms with van der Waals surface area (Å²) in [6, 6.07) is 10.3. The van der Waals surface area contributed by atoms with Crippen LogP contribution in [0.25, 0.3) is 0 Å². The number of nitrogens with zero attached hydrogens (tertiary/aromatic N) is 2. The van der Waals surface area contributed by atoms with Gasteiger partial charge in [0.1, 0.15) is 0 Å². The fourth-order valence-corrected chi connectivity index (χ4v) is 3.97. The summed E-state index contributed by atoms with van der Waals surface area (Å²) < 4.78 is 67.6. The second-order valence-electron chi connectivity index (χ2n) is 7.09. The minimum absolute atomic E-state index is 0.0799. The van der Waals surface area contributed by atoms with Gasteiger partial charge in [-0.2, -0.15) is 18.3 Å². The number of nitrogens with one attached hydrogen (secondary N) is 3. The van der Waals surface area contributed by atoms with E-state index < -0.39 is 33.6 Å². The summed E-state index contributed by atoms with van der Waals surface area (Å²) in [5.41, 5.74) is 3.06. The molecule has 3 N–H and O–H groups in total. The van der Waals surface area contributed by atoms with Gasteiger partial charge in [-0.05, 0) is 48.9 Å². The molecule has 0 unspecified atom stereocenters. The highest BCUT2D eigenvalue weighted by atomic mass is 32.2. The topological polar surface area (TPSA) is 122 Å². The van der Waals surface area contributed by atoms with E-state index in [9.17, 15) is 31.2 Å². The number of benzene rings is 2. The molecule has 0 spiro atoms. The fraction of sp³-hybridized carbons (Fsp3) is 0.190. The monoisotopic (exact) mass is 495 g/mol. The van der Waals surface area contributed by atoms with Crippen LogP contribution in [0.1, 0.15) is 28.8 Å². The lowest BCUT2D eigenvalue weighted by molar-refractivity contribution is -0.137. The molecule has 13 heteroatoms. The summed E-state index contributed by atoms with van der Waals surface area (Å²) in [4.78, 5) is 23.9. The molecule has 0 aliphatic heterocycles. The molecular weight excluding hydrogens is 475 g/mol. The molecule has 0 aliphatic rings. The number of carbonyl (C=O) groups is 2. The van der Waals surface area contributed by atoms with Crippen molar-refractivity contribution in [3.63, 3.8) is 0 Å². The van der Waals surface area contributed by atoms with Gasteiger partial charge in [-0.1, -0.05) is 12.1 Å². The molecule has 0 fully saturated rings. The number of alkyl halides is 3. The predicted octanol–water partition coefficient (Wildman–Crippen LogP) is 2.94. The Morgan fingerprint density at radius 3 is 2.47 bits per heavy atom. The zero-order valence-corrected chi connectivity index (χ0v) is 18.4. The average molecular weight is 495 g/mol. The highest BCUT2D eigenvalue weighted by Crippen LogP contribution is 2.31. The summed E-state index contributed by atoms with van der Waals surface area (Å²) in [6.45, 7) is 0.521. The normalized spacial score (nSPS) is 11.6. The lowest BCUT2D eigenvalue weighted by Crippen LogP contribution is -2.41. The third-order valence-corrected chi connectivity index (χ3v) is 5.89. The van der Waals surface area contributed by atoms with Gasteiger partial charge >= 0.3 is 6.18 Å². The first-order chi connectivity index (χ1) is 16.0. The first-order valence-electron chi connectivity index (χ1n) is 9.91. The van der Waals surface area contributed by atoms with Gasteiger partial charge in [-0.15, -0.1) is 0 Å². The highest BCUT2D eigenvalue weighted by Gasteiger charge is 2.30. The van der Waals surface area contributed by atoms with E-state index in [1.54, 1.807) is 23.1 Å². The van der Waals surface area contributed by atoms with Gasteiger partial charge in [0.25, 0.3) is 15.9 Å². The third-order valence-electron chi connectivity index (χ3n) is 4.51. The summed E-state index contributed by atoms with van der Waals surface area (Å²) in [5, 5.41) is 4.01. The van der Waals surface area contributed by atoms with Crippen LogP contribution in [0.15, 0.2) is 71.9 Å². The molecular formula is C21H20F3N5O4S. The standard InChI is InChI=1S/C21H20F3N5O4S/c22-21(23,24)16-6-2-7-17(14-16)28-34(32,33)18-8-1-5-15(13-18)20(31)27-26-19(30)9-3-11-29-12-4-10-25-29/h1-2,4-8,10,12-14,28H,3,9,11H2,(H,26,30)(H,27,31). The van der Waals surface area contributed by atoms with Crippen molar-refractivity contribution in [2.24, 2.45) is 0 Å². The van der Waals surface area contributed by atoms with E-state index in [0.29, 0.717) is 19.0 Å². The molecule has 180 valence electrons. The van der Waals surface area contributed by atoms with E-state index in [2.05, 4.69) is 20.7 Å². The second-order valence-corrected chi connectivity index (χ2v) is 8.77.